The molecule has 0 aliphatic carbocycles. The molecule has 0 fully saturated rings. The molecule has 3 aromatic heterocycles. The Labute approximate surface area is 368 Å². The average Bonchev–Trinajstić information content (AvgIpc) is 3.97. The summed E-state index contributed by atoms with van der Waals surface area (Å²) in [5, 5.41) is 25.1. The number of benzene rings is 5. The summed E-state index contributed by atoms with van der Waals surface area (Å²) in [5.74, 6) is 0.218. The number of rotatable bonds is 3. The van der Waals surface area contributed by atoms with Crippen molar-refractivity contribution in [2.24, 2.45) is 4.99 Å². The van der Waals surface area contributed by atoms with E-state index in [0.29, 0.717) is 50.7 Å². The highest BCUT2D eigenvalue weighted by atomic mass is 16.3. The van der Waals surface area contributed by atoms with Crippen LogP contribution in [0.2, 0.25) is 0 Å². The van der Waals surface area contributed by atoms with E-state index in [0.717, 1.165) is 61.6 Å². The minimum Gasteiger partial charge on any atom is -0.507 e. The fourth-order valence-corrected chi connectivity index (χ4v) is 8.52. The molecule has 0 spiro atoms. The average molecular weight is 821 g/mol. The number of allylic oxidation sites excluding steroid dienone is 2. The molecular formula is C57H48N4O2. The lowest BCUT2D eigenvalue weighted by molar-refractivity contribution is 0.474. The molecule has 6 nitrogen and oxygen atoms in total. The number of phenols is 2. The minimum atomic E-state index is -0.272. The Bertz CT molecular complexity index is 3180. The zero-order chi connectivity index (χ0) is 43.6. The molecule has 6 heteroatoms. The van der Waals surface area contributed by atoms with E-state index < -0.39 is 0 Å². The van der Waals surface area contributed by atoms with Crippen LogP contribution < -0.4 is 0 Å². The van der Waals surface area contributed by atoms with Crippen molar-refractivity contribution in [3.63, 3.8) is 0 Å². The molecule has 10 rings (SSSR count). The van der Waals surface area contributed by atoms with E-state index in [-0.39, 0.29) is 22.3 Å². The number of hydrogen-bond acceptors (Lipinski definition) is 5. The third-order valence-corrected chi connectivity index (χ3v) is 12.1. The monoisotopic (exact) mass is 820 g/mol. The van der Waals surface area contributed by atoms with Crippen molar-refractivity contribution >= 4 is 11.3 Å². The number of nitrogens with one attached hydrogen (secondary N) is 1. The van der Waals surface area contributed by atoms with Crippen LogP contribution >= 0.6 is 0 Å². The third-order valence-electron chi connectivity index (χ3n) is 12.1. The highest BCUT2D eigenvalue weighted by molar-refractivity contribution is 6.15. The molecule has 0 radical (unpaired) electrons. The van der Waals surface area contributed by atoms with Gasteiger partial charge in [0, 0.05) is 39.2 Å². The van der Waals surface area contributed by atoms with Gasteiger partial charge in [-0.2, -0.15) is 0 Å². The predicted molar refractivity (Wildman–Crippen MR) is 258 cm³/mol. The first-order valence-electron chi connectivity index (χ1n) is 21.5. The van der Waals surface area contributed by atoms with Crippen molar-refractivity contribution in [1.29, 1.82) is 0 Å². The first-order valence-corrected chi connectivity index (χ1v) is 21.5. The van der Waals surface area contributed by atoms with E-state index in [1.807, 2.05) is 78.9 Å². The molecule has 3 N–H and O–H groups in total. The molecule has 0 saturated heterocycles. The second-order valence-corrected chi connectivity index (χ2v) is 18.6. The van der Waals surface area contributed by atoms with Gasteiger partial charge in [0.1, 0.15) is 11.5 Å². The molecule has 0 atom stereocenters. The Morgan fingerprint density at radius 1 is 0.413 bits per heavy atom. The number of aromatic amines is 1. The van der Waals surface area contributed by atoms with Gasteiger partial charge in [-0.3, -0.25) is 0 Å². The molecule has 0 saturated carbocycles. The van der Waals surface area contributed by atoms with E-state index in [1.54, 1.807) is 0 Å². The Kier molecular flexibility index (Phi) is 9.48. The molecule has 0 unspecified atom stereocenters. The second kappa shape index (κ2) is 15.1. The summed E-state index contributed by atoms with van der Waals surface area (Å²) in [4.78, 5) is 19.7. The summed E-state index contributed by atoms with van der Waals surface area (Å²) in [6.45, 7) is 13.1. The first-order chi connectivity index (χ1) is 30.3. The number of aromatic hydroxyl groups is 2. The van der Waals surface area contributed by atoms with Gasteiger partial charge in [0.15, 0.2) is 0 Å². The van der Waals surface area contributed by atoms with Gasteiger partial charge in [-0.15, -0.1) is 0 Å². The Hall–Kier alpha value is -7.57. The van der Waals surface area contributed by atoms with Crippen molar-refractivity contribution in [1.82, 2.24) is 15.0 Å². The summed E-state index contributed by atoms with van der Waals surface area (Å²) in [6, 6.07) is 51.3. The van der Waals surface area contributed by atoms with Gasteiger partial charge >= 0.3 is 0 Å². The van der Waals surface area contributed by atoms with Gasteiger partial charge < -0.3 is 15.2 Å². The van der Waals surface area contributed by atoms with E-state index >= 15 is 0 Å². The van der Waals surface area contributed by atoms with Crippen molar-refractivity contribution in [2.45, 2.75) is 52.4 Å². The maximum atomic E-state index is 12.6. The summed E-state index contributed by atoms with van der Waals surface area (Å²) in [6.07, 6.45) is 4.00. The largest absolute Gasteiger partial charge is 0.507 e. The van der Waals surface area contributed by atoms with Gasteiger partial charge in [-0.1, -0.05) is 133 Å². The highest BCUT2D eigenvalue weighted by Crippen LogP contribution is 2.45. The van der Waals surface area contributed by atoms with Crippen LogP contribution in [0.5, 0.6) is 11.5 Å². The fourth-order valence-electron chi connectivity index (χ4n) is 8.52. The Morgan fingerprint density at radius 3 is 1.35 bits per heavy atom. The second-order valence-electron chi connectivity index (χ2n) is 18.6. The number of H-pyrrole nitrogens is 1. The lowest BCUT2D eigenvalue weighted by atomic mass is 9.83. The molecule has 5 aromatic carbocycles. The van der Waals surface area contributed by atoms with Crippen LogP contribution in [0.3, 0.4) is 0 Å². The van der Waals surface area contributed by atoms with Crippen LogP contribution in [0.15, 0.2) is 175 Å². The number of pyridine rings is 2. The number of phenolic OH excluding ortho intramolecular Hbond substituents is 2. The maximum absolute atomic E-state index is 12.6. The SMILES string of the molecule is CC(C)(C)c1cc2c(O)c(c1)-c1cc(-c3ccccc3)cc(n1)-c1cc(-c3ccccc3)cc(n1)-c1cc(C(C)(C)C)cc(c1O)-c1ccc([nH]1)C(c1ccccc1)=C1C=CC2=N1. The van der Waals surface area contributed by atoms with Crippen molar-refractivity contribution < 1.29 is 10.2 Å². The van der Waals surface area contributed by atoms with Crippen molar-refractivity contribution in [2.75, 3.05) is 0 Å². The molecule has 2 aliphatic rings. The molecular weight excluding hydrogens is 773 g/mol. The number of aromatic nitrogens is 3. The molecule has 2 aliphatic heterocycles. The Morgan fingerprint density at radius 2 is 0.841 bits per heavy atom. The van der Waals surface area contributed by atoms with Gasteiger partial charge in [0.25, 0.3) is 0 Å². The summed E-state index contributed by atoms with van der Waals surface area (Å²) < 4.78 is 0. The maximum Gasteiger partial charge on any atom is 0.134 e. The quantitative estimate of drug-likeness (QED) is 0.165. The standard InChI is InChI=1S/C57H48N4O2/c1-56(2,3)39-30-41-45-22-24-47(58-45)53(36-20-14-9-15-21-36)48-25-23-46(59-48)42-31-40(57(4,5)6)33-44(55(42)63)50-27-38(35-18-12-8-13-19-35)29-52(61-50)51-28-37(34-16-10-7-11-17-34)26-49(60-51)43(32-39)54(41)62/h7-33,58,62-63H,1-6H3. The van der Waals surface area contributed by atoms with E-state index in [9.17, 15) is 10.2 Å². The number of aliphatic imine (C=N–C) groups is 1. The topological polar surface area (TPSA) is 94.4 Å². The summed E-state index contributed by atoms with van der Waals surface area (Å²) in [7, 11) is 0. The molecule has 12 bridgehead atoms. The van der Waals surface area contributed by atoms with Crippen LogP contribution in [0.25, 0.3) is 73.0 Å². The normalized spacial score (nSPS) is 13.3. The lowest BCUT2D eigenvalue weighted by Crippen LogP contribution is -2.13. The van der Waals surface area contributed by atoms with Gasteiger partial charge in [-0.05, 0) is 123 Å². The lowest BCUT2D eigenvalue weighted by Gasteiger charge is -2.23. The van der Waals surface area contributed by atoms with Gasteiger partial charge in [0.2, 0.25) is 0 Å². The number of fused-ring (bicyclic) bond motifs is 16. The molecule has 63 heavy (non-hydrogen) atoms. The molecule has 5 heterocycles. The fraction of sp³-hybridized carbons (Fsp3) is 0.140. The molecule has 308 valence electrons. The number of hydrogen-bond donors (Lipinski definition) is 3. The van der Waals surface area contributed by atoms with E-state index in [2.05, 4.69) is 131 Å². The van der Waals surface area contributed by atoms with Gasteiger partial charge in [0.05, 0.1) is 34.2 Å². The van der Waals surface area contributed by atoms with Crippen molar-refractivity contribution in [3.8, 4) is 78.9 Å². The first kappa shape index (κ1) is 39.6. The van der Waals surface area contributed by atoms with E-state index in [1.165, 1.54) is 0 Å². The summed E-state index contributed by atoms with van der Waals surface area (Å²) >= 11 is 0. The molecule has 0 amide bonds. The smallest absolute Gasteiger partial charge is 0.134 e. The highest BCUT2D eigenvalue weighted by Gasteiger charge is 2.27. The van der Waals surface area contributed by atoms with Crippen LogP contribution in [-0.2, 0) is 10.8 Å². The van der Waals surface area contributed by atoms with Crippen LogP contribution in [0.4, 0.5) is 0 Å². The summed E-state index contributed by atoms with van der Waals surface area (Å²) in [5.41, 5.74) is 15.2. The molecule has 8 aromatic rings. The third kappa shape index (κ3) is 7.38. The van der Waals surface area contributed by atoms with E-state index in [4.69, 9.17) is 15.0 Å². The van der Waals surface area contributed by atoms with Crippen LogP contribution in [0.1, 0.15) is 69.5 Å². The zero-order valence-corrected chi connectivity index (χ0v) is 36.3. The van der Waals surface area contributed by atoms with Crippen molar-refractivity contribution in [3.05, 3.63) is 197 Å². The number of nitrogens with zero attached hydrogens (tertiary/aromatic N) is 3. The van der Waals surface area contributed by atoms with Crippen LogP contribution in [-0.4, -0.2) is 30.9 Å². The predicted octanol–water partition coefficient (Wildman–Crippen LogP) is 13.9. The zero-order valence-electron chi connectivity index (χ0n) is 36.3. The van der Waals surface area contributed by atoms with Crippen LogP contribution in [0, 0.1) is 0 Å². The Balaban J connectivity index is 1.35. The van der Waals surface area contributed by atoms with Gasteiger partial charge in [-0.25, -0.2) is 15.0 Å². The minimum absolute atomic E-state index is 0.0972.